The molecule has 10 heteroatoms. The number of ether oxygens (including phenoxy) is 1. The van der Waals surface area contributed by atoms with E-state index in [1.165, 1.54) is 37.8 Å². The Labute approximate surface area is 202 Å². The molecular formula is C25H27FN4O5. The molecule has 0 bridgehead atoms. The Morgan fingerprint density at radius 3 is 2.31 bits per heavy atom. The number of amides is 3. The van der Waals surface area contributed by atoms with Crippen molar-refractivity contribution in [3.63, 3.8) is 0 Å². The van der Waals surface area contributed by atoms with Crippen molar-refractivity contribution >= 4 is 17.7 Å². The van der Waals surface area contributed by atoms with Crippen molar-refractivity contribution in [1.82, 2.24) is 20.6 Å². The summed E-state index contributed by atoms with van der Waals surface area (Å²) in [5, 5.41) is 11.2. The van der Waals surface area contributed by atoms with Gasteiger partial charge in [-0.1, -0.05) is 17.9 Å². The molecule has 1 heterocycles. The normalized spacial score (nSPS) is 14.3. The second-order valence-corrected chi connectivity index (χ2v) is 7.93. The first-order valence-corrected chi connectivity index (χ1v) is 11.0. The van der Waals surface area contributed by atoms with Crippen LogP contribution in [0.1, 0.15) is 27.0 Å². The van der Waals surface area contributed by atoms with Crippen molar-refractivity contribution < 1.29 is 28.7 Å². The summed E-state index contributed by atoms with van der Waals surface area (Å²) < 4.78 is 19.9. The third kappa shape index (κ3) is 6.64. The highest BCUT2D eigenvalue weighted by Gasteiger charge is 2.33. The SMILES string of the molecule is CNC(=O)C(C(=O)NO)N(C)C(=O)c1ccc(C#Cc2ccc(CN3CCOCC3)c(F)c2)cc1. The van der Waals surface area contributed by atoms with Gasteiger partial charge in [-0.15, -0.1) is 0 Å². The van der Waals surface area contributed by atoms with E-state index in [4.69, 9.17) is 9.94 Å². The molecule has 3 N–H and O–H groups in total. The fraction of sp³-hybridized carbons (Fsp3) is 0.320. The summed E-state index contributed by atoms with van der Waals surface area (Å²) in [4.78, 5) is 39.6. The second-order valence-electron chi connectivity index (χ2n) is 7.93. The summed E-state index contributed by atoms with van der Waals surface area (Å²) in [5.74, 6) is 3.15. The van der Waals surface area contributed by atoms with Crippen LogP contribution in [0.5, 0.6) is 0 Å². The fourth-order valence-electron chi connectivity index (χ4n) is 3.58. The van der Waals surface area contributed by atoms with Gasteiger partial charge in [0.15, 0.2) is 6.04 Å². The molecule has 35 heavy (non-hydrogen) atoms. The molecule has 2 aromatic carbocycles. The first kappa shape index (κ1) is 25.8. The molecule has 0 spiro atoms. The predicted octanol–water partition coefficient (Wildman–Crippen LogP) is 0.750. The van der Waals surface area contributed by atoms with E-state index >= 15 is 0 Å². The van der Waals surface area contributed by atoms with Crippen molar-refractivity contribution in [1.29, 1.82) is 0 Å². The maximum Gasteiger partial charge on any atom is 0.275 e. The van der Waals surface area contributed by atoms with Gasteiger partial charge >= 0.3 is 0 Å². The Bertz CT molecular complexity index is 1120. The number of nitrogens with zero attached hydrogens (tertiary/aromatic N) is 2. The van der Waals surface area contributed by atoms with Crippen molar-refractivity contribution in [2.45, 2.75) is 12.6 Å². The first-order valence-electron chi connectivity index (χ1n) is 11.0. The summed E-state index contributed by atoms with van der Waals surface area (Å²) in [6.07, 6.45) is 0. The molecule has 9 nitrogen and oxygen atoms in total. The van der Waals surface area contributed by atoms with Gasteiger partial charge in [-0.2, -0.15) is 0 Å². The van der Waals surface area contributed by atoms with Gasteiger partial charge in [0, 0.05) is 56.0 Å². The molecule has 0 radical (unpaired) electrons. The lowest BCUT2D eigenvalue weighted by Crippen LogP contribution is -2.54. The maximum atomic E-state index is 14.5. The quantitative estimate of drug-likeness (QED) is 0.243. The van der Waals surface area contributed by atoms with E-state index in [9.17, 15) is 18.8 Å². The van der Waals surface area contributed by atoms with Crippen LogP contribution in [-0.2, 0) is 20.9 Å². The lowest BCUT2D eigenvalue weighted by atomic mass is 10.1. The molecule has 2 aromatic rings. The molecular weight excluding hydrogens is 455 g/mol. The van der Waals surface area contributed by atoms with Gasteiger partial charge in [0.25, 0.3) is 17.7 Å². The van der Waals surface area contributed by atoms with Gasteiger partial charge in [0.1, 0.15) is 5.82 Å². The van der Waals surface area contributed by atoms with Crippen molar-refractivity contribution in [3.8, 4) is 11.8 Å². The molecule has 184 valence electrons. The number of hydrogen-bond donors (Lipinski definition) is 3. The van der Waals surface area contributed by atoms with Crippen molar-refractivity contribution in [2.24, 2.45) is 0 Å². The monoisotopic (exact) mass is 482 g/mol. The maximum absolute atomic E-state index is 14.5. The fourth-order valence-corrected chi connectivity index (χ4v) is 3.58. The van der Waals surface area contributed by atoms with Crippen LogP contribution in [0.25, 0.3) is 0 Å². The van der Waals surface area contributed by atoms with E-state index in [1.807, 2.05) is 0 Å². The van der Waals surface area contributed by atoms with Crippen molar-refractivity contribution in [2.75, 3.05) is 40.4 Å². The van der Waals surface area contributed by atoms with Gasteiger partial charge in [0.2, 0.25) is 0 Å². The van der Waals surface area contributed by atoms with Crippen LogP contribution >= 0.6 is 0 Å². The molecule has 1 aliphatic rings. The minimum Gasteiger partial charge on any atom is -0.379 e. The van der Waals surface area contributed by atoms with Crippen LogP contribution in [0.15, 0.2) is 42.5 Å². The number of benzene rings is 2. The topological polar surface area (TPSA) is 111 Å². The number of hydroxylamine groups is 1. The Morgan fingerprint density at radius 1 is 1.09 bits per heavy atom. The zero-order valence-electron chi connectivity index (χ0n) is 19.5. The minimum absolute atomic E-state index is 0.219. The van der Waals surface area contributed by atoms with Gasteiger partial charge in [0.05, 0.1) is 13.2 Å². The Hall–Kier alpha value is -3.78. The Balaban J connectivity index is 1.68. The van der Waals surface area contributed by atoms with Crippen LogP contribution < -0.4 is 10.8 Å². The van der Waals surface area contributed by atoms with Crippen LogP contribution in [-0.4, -0.2) is 79.2 Å². The molecule has 0 aliphatic carbocycles. The summed E-state index contributed by atoms with van der Waals surface area (Å²) in [6.45, 7) is 3.37. The number of carbonyl (C=O) groups excluding carboxylic acids is 3. The number of hydrogen-bond acceptors (Lipinski definition) is 6. The summed E-state index contributed by atoms with van der Waals surface area (Å²) >= 11 is 0. The smallest absolute Gasteiger partial charge is 0.275 e. The summed E-state index contributed by atoms with van der Waals surface area (Å²) in [5.41, 5.74) is 3.34. The average molecular weight is 483 g/mol. The average Bonchev–Trinajstić information content (AvgIpc) is 2.89. The molecule has 1 fully saturated rings. The summed E-state index contributed by atoms with van der Waals surface area (Å²) in [6, 6.07) is 9.59. The highest BCUT2D eigenvalue weighted by atomic mass is 19.1. The molecule has 3 rings (SSSR count). The van der Waals surface area contributed by atoms with Gasteiger partial charge in [-0.05, 0) is 36.4 Å². The first-order chi connectivity index (χ1) is 16.8. The van der Waals surface area contributed by atoms with E-state index in [0.29, 0.717) is 36.4 Å². The second kappa shape index (κ2) is 12.1. The minimum atomic E-state index is -1.54. The standard InChI is InChI=1S/C25H27FN4O5/c1-27-23(31)22(24(32)28-34)29(2)25(33)19-8-5-17(6-9-19)3-4-18-7-10-20(21(26)15-18)16-30-11-13-35-14-12-30/h5-10,15,22,34H,11-14,16H2,1-2H3,(H,27,31)(H,28,32). The number of halogens is 1. The molecule has 1 saturated heterocycles. The Kier molecular flexibility index (Phi) is 8.92. The molecule has 0 aromatic heterocycles. The number of rotatable bonds is 6. The van der Waals surface area contributed by atoms with E-state index in [1.54, 1.807) is 24.3 Å². The van der Waals surface area contributed by atoms with Crippen LogP contribution in [0.4, 0.5) is 4.39 Å². The van der Waals surface area contributed by atoms with Crippen LogP contribution in [0.2, 0.25) is 0 Å². The molecule has 1 unspecified atom stereocenters. The predicted molar refractivity (Wildman–Crippen MR) is 125 cm³/mol. The van der Waals surface area contributed by atoms with E-state index in [2.05, 4.69) is 22.1 Å². The van der Waals surface area contributed by atoms with Crippen molar-refractivity contribution in [3.05, 3.63) is 70.5 Å². The molecule has 0 saturated carbocycles. The number of morpholine rings is 1. The number of nitrogens with one attached hydrogen (secondary N) is 2. The lowest BCUT2D eigenvalue weighted by molar-refractivity contribution is -0.140. The van der Waals surface area contributed by atoms with E-state index in [-0.39, 0.29) is 11.4 Å². The Morgan fingerprint density at radius 2 is 1.71 bits per heavy atom. The third-order valence-corrected chi connectivity index (χ3v) is 5.59. The summed E-state index contributed by atoms with van der Waals surface area (Å²) in [7, 11) is 2.60. The molecule has 3 amide bonds. The lowest BCUT2D eigenvalue weighted by Gasteiger charge is -2.26. The highest BCUT2D eigenvalue weighted by molar-refractivity contribution is 6.08. The van der Waals surface area contributed by atoms with E-state index < -0.39 is 23.8 Å². The third-order valence-electron chi connectivity index (χ3n) is 5.59. The highest BCUT2D eigenvalue weighted by Crippen LogP contribution is 2.14. The van der Waals surface area contributed by atoms with Gasteiger partial charge < -0.3 is 15.0 Å². The van der Waals surface area contributed by atoms with Gasteiger partial charge in [-0.25, -0.2) is 9.87 Å². The van der Waals surface area contributed by atoms with E-state index in [0.717, 1.165) is 18.0 Å². The molecule has 1 aliphatic heterocycles. The zero-order valence-corrected chi connectivity index (χ0v) is 19.5. The molecule has 1 atom stereocenters. The largest absolute Gasteiger partial charge is 0.379 e. The number of likely N-dealkylation sites (N-methyl/N-ethyl adjacent to an activating group) is 2. The zero-order chi connectivity index (χ0) is 25.4. The van der Waals surface area contributed by atoms with Crippen LogP contribution in [0, 0.1) is 17.7 Å². The number of carbonyl (C=O) groups is 3. The van der Waals surface area contributed by atoms with Gasteiger partial charge in [-0.3, -0.25) is 24.5 Å². The van der Waals surface area contributed by atoms with Crippen LogP contribution in [0.3, 0.4) is 0 Å².